The molecular weight excluding hydrogens is 198 g/mol. The Balaban J connectivity index is 2.33. The minimum absolute atomic E-state index is 0.146. The maximum Gasteiger partial charge on any atom is 0.0963 e. The van der Waals surface area contributed by atoms with Gasteiger partial charge >= 0.3 is 0 Å². The van der Waals surface area contributed by atoms with Crippen LogP contribution >= 0.6 is 0 Å². The van der Waals surface area contributed by atoms with E-state index in [-0.39, 0.29) is 5.41 Å². The molecule has 1 fully saturated rings. The highest BCUT2D eigenvalue weighted by Crippen LogP contribution is 2.30. The van der Waals surface area contributed by atoms with Crippen LogP contribution in [0.1, 0.15) is 47.0 Å². The highest BCUT2D eigenvalue weighted by atomic mass is 15.1. The molecule has 94 valence electrons. The summed E-state index contributed by atoms with van der Waals surface area (Å²) in [4.78, 5) is 2.51. The molecule has 16 heavy (non-hydrogen) atoms. The lowest BCUT2D eigenvalue weighted by Crippen LogP contribution is -2.40. The third-order valence-corrected chi connectivity index (χ3v) is 3.99. The number of hydrogen-bond donors (Lipinski definition) is 2. The van der Waals surface area contributed by atoms with Crippen LogP contribution in [0.15, 0.2) is 0 Å². The van der Waals surface area contributed by atoms with Gasteiger partial charge < -0.3 is 10.6 Å². The van der Waals surface area contributed by atoms with Crippen LogP contribution in [0, 0.1) is 16.2 Å². The van der Waals surface area contributed by atoms with Crippen molar-refractivity contribution in [3.63, 3.8) is 0 Å². The lowest BCUT2D eigenvalue weighted by Gasteiger charge is -2.38. The molecule has 0 aromatic carbocycles. The molecule has 0 atom stereocenters. The normalized spacial score (nSPS) is 22.0. The number of nitrogens with one attached hydrogen (secondary N) is 1. The Bertz CT molecular complexity index is 246. The minimum atomic E-state index is -0.146. The molecule has 0 aromatic rings. The molecule has 0 aliphatic carbocycles. The van der Waals surface area contributed by atoms with E-state index < -0.39 is 0 Å². The van der Waals surface area contributed by atoms with Crippen LogP contribution in [0.2, 0.25) is 0 Å². The first kappa shape index (κ1) is 13.5. The second kappa shape index (κ2) is 4.74. The quantitative estimate of drug-likeness (QED) is 0.570. The van der Waals surface area contributed by atoms with Crippen LogP contribution in [0.4, 0.5) is 0 Å². The summed E-state index contributed by atoms with van der Waals surface area (Å²) in [7, 11) is 0. The van der Waals surface area contributed by atoms with Crippen LogP contribution in [0.5, 0.6) is 0 Å². The van der Waals surface area contributed by atoms with Crippen LogP contribution in [0.25, 0.3) is 0 Å². The fraction of sp³-hybridized carbons (Fsp3) is 0.923. The monoisotopic (exact) mass is 225 g/mol. The van der Waals surface area contributed by atoms with Gasteiger partial charge in [0.2, 0.25) is 0 Å². The first-order valence-corrected chi connectivity index (χ1v) is 6.30. The summed E-state index contributed by atoms with van der Waals surface area (Å²) in [6, 6.07) is 0. The van der Waals surface area contributed by atoms with E-state index in [1.807, 2.05) is 0 Å². The summed E-state index contributed by atoms with van der Waals surface area (Å²) in [5.41, 5.74) is 5.97. The summed E-state index contributed by atoms with van der Waals surface area (Å²) < 4.78 is 0. The topological polar surface area (TPSA) is 53.1 Å². The smallest absolute Gasteiger partial charge is 0.0963 e. The zero-order chi connectivity index (χ0) is 12.4. The molecule has 0 unspecified atom stereocenters. The van der Waals surface area contributed by atoms with Crippen LogP contribution in [0.3, 0.4) is 0 Å². The van der Waals surface area contributed by atoms with Crippen molar-refractivity contribution in [1.29, 1.82) is 5.41 Å². The molecule has 1 rings (SSSR count). The van der Waals surface area contributed by atoms with Gasteiger partial charge in [0.15, 0.2) is 0 Å². The van der Waals surface area contributed by atoms with Gasteiger partial charge in [0, 0.05) is 5.41 Å². The summed E-state index contributed by atoms with van der Waals surface area (Å²) in [5.74, 6) is 0.310. The number of hydrogen-bond acceptors (Lipinski definition) is 2. The van der Waals surface area contributed by atoms with Crippen molar-refractivity contribution >= 4 is 5.84 Å². The Hall–Kier alpha value is -0.570. The molecule has 3 nitrogen and oxygen atoms in total. The van der Waals surface area contributed by atoms with E-state index in [4.69, 9.17) is 11.1 Å². The number of nitrogens with two attached hydrogens (primary N) is 1. The lowest BCUT2D eigenvalue weighted by molar-refractivity contribution is 0.125. The average Bonchev–Trinajstić information content (AvgIpc) is 2.16. The van der Waals surface area contributed by atoms with E-state index >= 15 is 0 Å². The van der Waals surface area contributed by atoms with Gasteiger partial charge in [0.05, 0.1) is 5.84 Å². The Morgan fingerprint density at radius 1 is 1.31 bits per heavy atom. The van der Waals surface area contributed by atoms with Gasteiger partial charge in [0.25, 0.3) is 0 Å². The molecule has 1 heterocycles. The zero-order valence-electron chi connectivity index (χ0n) is 11.3. The van der Waals surface area contributed by atoms with E-state index in [9.17, 15) is 0 Å². The molecule has 0 spiro atoms. The Kier molecular flexibility index (Phi) is 4.00. The number of rotatable bonds is 4. The molecule has 1 aliphatic heterocycles. The zero-order valence-corrected chi connectivity index (χ0v) is 11.3. The molecule has 3 N–H and O–H groups in total. The van der Waals surface area contributed by atoms with E-state index in [0.717, 1.165) is 13.0 Å². The van der Waals surface area contributed by atoms with Gasteiger partial charge in [-0.05, 0) is 44.3 Å². The van der Waals surface area contributed by atoms with Gasteiger partial charge in [0.1, 0.15) is 0 Å². The third-order valence-electron chi connectivity index (χ3n) is 3.99. The number of piperidine rings is 1. The molecule has 1 saturated heterocycles. The lowest BCUT2D eigenvalue weighted by atomic mass is 9.82. The number of nitrogens with zero attached hydrogens (tertiary/aromatic N) is 1. The van der Waals surface area contributed by atoms with E-state index in [1.165, 1.54) is 25.9 Å². The average molecular weight is 225 g/mol. The fourth-order valence-corrected chi connectivity index (χ4v) is 1.95. The first-order valence-electron chi connectivity index (χ1n) is 6.30. The molecule has 0 radical (unpaired) electrons. The predicted octanol–water partition coefficient (Wildman–Crippen LogP) is 2.46. The Labute approximate surface area is 99.9 Å². The van der Waals surface area contributed by atoms with Crippen LogP contribution in [-0.4, -0.2) is 30.4 Å². The van der Waals surface area contributed by atoms with Gasteiger partial charge in [-0.2, -0.15) is 0 Å². The fourth-order valence-electron chi connectivity index (χ4n) is 1.95. The van der Waals surface area contributed by atoms with Crippen molar-refractivity contribution in [2.75, 3.05) is 19.6 Å². The molecule has 1 aliphatic rings. The van der Waals surface area contributed by atoms with Crippen molar-refractivity contribution in [2.24, 2.45) is 16.6 Å². The highest BCUT2D eigenvalue weighted by molar-refractivity contribution is 5.82. The standard InChI is InChI=1S/C13H27N3/c1-12(2)5-8-16(9-6-12)10-7-13(3,4)11(14)15/h5-10H2,1-4H3,(H3,14,15). The van der Waals surface area contributed by atoms with Crippen molar-refractivity contribution in [3.8, 4) is 0 Å². The Morgan fingerprint density at radius 2 is 1.81 bits per heavy atom. The minimum Gasteiger partial charge on any atom is -0.387 e. The van der Waals surface area contributed by atoms with Crippen molar-refractivity contribution in [2.45, 2.75) is 47.0 Å². The molecule has 0 amide bonds. The van der Waals surface area contributed by atoms with Crippen LogP contribution < -0.4 is 5.73 Å². The van der Waals surface area contributed by atoms with Gasteiger partial charge in [-0.25, -0.2) is 0 Å². The predicted molar refractivity (Wildman–Crippen MR) is 69.8 cm³/mol. The maximum absolute atomic E-state index is 7.54. The molecule has 0 aromatic heterocycles. The summed E-state index contributed by atoms with van der Waals surface area (Å²) in [6.07, 6.45) is 3.56. The maximum atomic E-state index is 7.54. The van der Waals surface area contributed by atoms with E-state index in [1.54, 1.807) is 0 Å². The second-order valence-electron chi connectivity index (χ2n) is 6.55. The number of likely N-dealkylation sites (tertiary alicyclic amines) is 1. The van der Waals surface area contributed by atoms with Crippen molar-refractivity contribution in [1.82, 2.24) is 4.90 Å². The Morgan fingerprint density at radius 3 is 2.25 bits per heavy atom. The van der Waals surface area contributed by atoms with Gasteiger partial charge in [-0.15, -0.1) is 0 Å². The second-order valence-corrected chi connectivity index (χ2v) is 6.55. The first-order chi connectivity index (χ1) is 7.23. The highest BCUT2D eigenvalue weighted by Gasteiger charge is 2.27. The summed E-state index contributed by atoms with van der Waals surface area (Å²) >= 11 is 0. The summed E-state index contributed by atoms with van der Waals surface area (Å²) in [6.45, 7) is 12.3. The molecule has 0 bridgehead atoms. The molecular formula is C13H27N3. The van der Waals surface area contributed by atoms with E-state index in [2.05, 4.69) is 32.6 Å². The largest absolute Gasteiger partial charge is 0.387 e. The van der Waals surface area contributed by atoms with E-state index in [0.29, 0.717) is 11.3 Å². The van der Waals surface area contributed by atoms with Gasteiger partial charge in [-0.3, -0.25) is 5.41 Å². The molecule has 3 heteroatoms. The van der Waals surface area contributed by atoms with Gasteiger partial charge in [-0.1, -0.05) is 27.7 Å². The SMILES string of the molecule is CC1(C)CCN(CCC(C)(C)C(=N)N)CC1. The van der Waals surface area contributed by atoms with Crippen LogP contribution in [-0.2, 0) is 0 Å². The third kappa shape index (κ3) is 3.78. The summed E-state index contributed by atoms with van der Waals surface area (Å²) in [5, 5.41) is 7.54. The van der Waals surface area contributed by atoms with Crippen molar-refractivity contribution in [3.05, 3.63) is 0 Å². The number of amidine groups is 1. The van der Waals surface area contributed by atoms with Crippen molar-refractivity contribution < 1.29 is 0 Å². The molecule has 0 saturated carbocycles.